The number of rotatable bonds is 6. The summed E-state index contributed by atoms with van der Waals surface area (Å²) in [4.78, 5) is 12.9. The third-order valence-corrected chi connectivity index (χ3v) is 9.04. The molecule has 0 bridgehead atoms. The SMILES string of the molecule is C[C@@H](NC(=O)c1ccc(Cl)c(S(=O)(=O)N2CCCCCC2)c1)c1ccc(S(C)(=O)=O)cc1. The van der Waals surface area contributed by atoms with Crippen LogP contribution in [0, 0.1) is 0 Å². The number of nitrogens with one attached hydrogen (secondary N) is 1. The first-order valence-electron chi connectivity index (χ1n) is 10.4. The predicted octanol–water partition coefficient (Wildman–Crippen LogP) is 3.80. The minimum Gasteiger partial charge on any atom is -0.346 e. The van der Waals surface area contributed by atoms with Crippen LogP contribution < -0.4 is 5.32 Å². The van der Waals surface area contributed by atoms with Gasteiger partial charge in [0.25, 0.3) is 5.91 Å². The molecule has 1 aliphatic rings. The van der Waals surface area contributed by atoms with Crippen LogP contribution in [-0.2, 0) is 19.9 Å². The Morgan fingerprint density at radius 3 is 2.12 bits per heavy atom. The van der Waals surface area contributed by atoms with Gasteiger partial charge in [-0.25, -0.2) is 16.8 Å². The van der Waals surface area contributed by atoms with Crippen LogP contribution in [0.15, 0.2) is 52.3 Å². The molecule has 2 aromatic carbocycles. The van der Waals surface area contributed by atoms with Gasteiger partial charge < -0.3 is 5.32 Å². The number of hydrogen-bond donors (Lipinski definition) is 1. The van der Waals surface area contributed by atoms with Gasteiger partial charge in [0.1, 0.15) is 4.90 Å². The summed E-state index contributed by atoms with van der Waals surface area (Å²) in [5, 5.41) is 2.90. The lowest BCUT2D eigenvalue weighted by Gasteiger charge is -2.21. The molecule has 32 heavy (non-hydrogen) atoms. The summed E-state index contributed by atoms with van der Waals surface area (Å²) in [6, 6.07) is 10.1. The lowest BCUT2D eigenvalue weighted by molar-refractivity contribution is 0.0939. The highest BCUT2D eigenvalue weighted by Crippen LogP contribution is 2.28. The maximum Gasteiger partial charge on any atom is 0.251 e. The van der Waals surface area contributed by atoms with Crippen molar-refractivity contribution in [2.45, 2.75) is 48.4 Å². The fraction of sp³-hybridized carbons (Fsp3) is 0.409. The van der Waals surface area contributed by atoms with E-state index < -0.39 is 31.8 Å². The van der Waals surface area contributed by atoms with E-state index in [2.05, 4.69) is 5.32 Å². The molecule has 1 aliphatic heterocycles. The highest BCUT2D eigenvalue weighted by molar-refractivity contribution is 7.90. The second-order valence-electron chi connectivity index (χ2n) is 8.00. The monoisotopic (exact) mass is 498 g/mol. The van der Waals surface area contributed by atoms with Gasteiger partial charge in [-0.1, -0.05) is 36.6 Å². The number of sulfonamides is 1. The van der Waals surface area contributed by atoms with Crippen LogP contribution in [0.2, 0.25) is 5.02 Å². The first kappa shape index (κ1) is 24.7. The zero-order valence-electron chi connectivity index (χ0n) is 18.0. The molecule has 1 fully saturated rings. The Labute approximate surface area is 194 Å². The Morgan fingerprint density at radius 2 is 1.56 bits per heavy atom. The molecule has 174 valence electrons. The molecule has 3 rings (SSSR count). The molecular weight excluding hydrogens is 472 g/mol. The summed E-state index contributed by atoms with van der Waals surface area (Å²) in [5.74, 6) is -0.450. The molecule has 0 unspecified atom stereocenters. The Balaban J connectivity index is 1.80. The molecule has 1 N–H and O–H groups in total. The van der Waals surface area contributed by atoms with E-state index in [9.17, 15) is 21.6 Å². The maximum atomic E-state index is 13.2. The maximum absolute atomic E-state index is 13.2. The van der Waals surface area contributed by atoms with Crippen molar-refractivity contribution in [3.8, 4) is 0 Å². The summed E-state index contributed by atoms with van der Waals surface area (Å²) in [7, 11) is -7.11. The van der Waals surface area contributed by atoms with Crippen LogP contribution in [0.5, 0.6) is 0 Å². The quantitative estimate of drug-likeness (QED) is 0.652. The van der Waals surface area contributed by atoms with E-state index >= 15 is 0 Å². The highest BCUT2D eigenvalue weighted by Gasteiger charge is 2.28. The average molecular weight is 499 g/mol. The number of carbonyl (C=O) groups is 1. The zero-order valence-corrected chi connectivity index (χ0v) is 20.4. The number of halogens is 1. The van der Waals surface area contributed by atoms with Crippen LogP contribution in [0.3, 0.4) is 0 Å². The summed E-state index contributed by atoms with van der Waals surface area (Å²) < 4.78 is 51.0. The fourth-order valence-corrected chi connectivity index (χ4v) is 6.28. The minimum absolute atomic E-state index is 0.0705. The van der Waals surface area contributed by atoms with E-state index in [0.29, 0.717) is 13.1 Å². The number of hydrogen-bond acceptors (Lipinski definition) is 5. The third kappa shape index (κ3) is 5.70. The average Bonchev–Trinajstić information content (AvgIpc) is 3.03. The largest absolute Gasteiger partial charge is 0.346 e. The van der Waals surface area contributed by atoms with Crippen molar-refractivity contribution in [1.82, 2.24) is 9.62 Å². The molecule has 10 heteroatoms. The van der Waals surface area contributed by atoms with Crippen LogP contribution in [0.4, 0.5) is 0 Å². The van der Waals surface area contributed by atoms with Gasteiger partial charge >= 0.3 is 0 Å². The number of benzene rings is 2. The molecule has 1 saturated heterocycles. The normalized spacial score (nSPS) is 16.8. The molecule has 0 spiro atoms. The molecule has 1 heterocycles. The van der Waals surface area contributed by atoms with Crippen molar-refractivity contribution in [2.24, 2.45) is 0 Å². The van der Waals surface area contributed by atoms with Crippen LogP contribution in [0.25, 0.3) is 0 Å². The summed E-state index contributed by atoms with van der Waals surface area (Å²) in [5.41, 5.74) is 0.902. The molecule has 0 aromatic heterocycles. The van der Waals surface area contributed by atoms with Crippen LogP contribution >= 0.6 is 11.6 Å². The standard InChI is InChI=1S/C22H27ClN2O5S2/c1-16(17-7-10-19(11-8-17)31(2,27)28)24-22(26)18-9-12-20(23)21(15-18)32(29,30)25-13-5-3-4-6-14-25/h7-12,15-16H,3-6,13-14H2,1-2H3,(H,24,26)/t16-/m1/s1. The molecule has 2 aromatic rings. The molecule has 1 atom stereocenters. The Hall–Kier alpha value is -1.94. The fourth-order valence-electron chi connectivity index (χ4n) is 3.63. The molecule has 0 radical (unpaired) electrons. The van der Waals surface area contributed by atoms with E-state index in [1.165, 1.54) is 34.6 Å². The Kier molecular flexibility index (Phi) is 7.65. The van der Waals surface area contributed by atoms with Gasteiger partial charge in [-0.05, 0) is 55.7 Å². The zero-order chi connectivity index (χ0) is 23.5. The van der Waals surface area contributed by atoms with Crippen molar-refractivity contribution in [3.63, 3.8) is 0 Å². The topological polar surface area (TPSA) is 101 Å². The van der Waals surface area contributed by atoms with Gasteiger partial charge in [-0.3, -0.25) is 4.79 Å². The van der Waals surface area contributed by atoms with E-state index in [1.54, 1.807) is 19.1 Å². The highest BCUT2D eigenvalue weighted by atomic mass is 35.5. The van der Waals surface area contributed by atoms with E-state index in [4.69, 9.17) is 11.6 Å². The van der Waals surface area contributed by atoms with E-state index in [0.717, 1.165) is 37.5 Å². The number of nitrogens with zero attached hydrogens (tertiary/aromatic N) is 1. The molecule has 0 saturated carbocycles. The van der Waals surface area contributed by atoms with Crippen LogP contribution in [0.1, 0.15) is 54.6 Å². The first-order valence-corrected chi connectivity index (χ1v) is 14.1. The van der Waals surface area contributed by atoms with Gasteiger partial charge in [-0.15, -0.1) is 0 Å². The van der Waals surface area contributed by atoms with E-state index in [-0.39, 0.29) is 20.4 Å². The van der Waals surface area contributed by atoms with Crippen molar-refractivity contribution in [3.05, 3.63) is 58.6 Å². The molecular formula is C22H27ClN2O5S2. The van der Waals surface area contributed by atoms with E-state index in [1.807, 2.05) is 0 Å². The first-order chi connectivity index (χ1) is 15.0. The van der Waals surface area contributed by atoms with Gasteiger partial charge in [0.05, 0.1) is 16.0 Å². The minimum atomic E-state index is -3.81. The summed E-state index contributed by atoms with van der Waals surface area (Å²) in [6.07, 6.45) is 4.71. The summed E-state index contributed by atoms with van der Waals surface area (Å²) >= 11 is 6.21. The van der Waals surface area contributed by atoms with Gasteiger partial charge in [0.2, 0.25) is 10.0 Å². The van der Waals surface area contributed by atoms with Gasteiger partial charge in [0, 0.05) is 24.9 Å². The molecule has 7 nitrogen and oxygen atoms in total. The summed E-state index contributed by atoms with van der Waals surface area (Å²) in [6.45, 7) is 2.64. The molecule has 1 amide bonds. The third-order valence-electron chi connectivity index (χ3n) is 5.53. The lowest BCUT2D eigenvalue weighted by atomic mass is 10.1. The molecule has 0 aliphatic carbocycles. The van der Waals surface area contributed by atoms with Crippen molar-refractivity contribution in [2.75, 3.05) is 19.3 Å². The van der Waals surface area contributed by atoms with Crippen molar-refractivity contribution < 1.29 is 21.6 Å². The second-order valence-corrected chi connectivity index (χ2v) is 12.3. The number of sulfone groups is 1. The predicted molar refractivity (Wildman–Crippen MR) is 124 cm³/mol. The Bertz CT molecular complexity index is 1190. The van der Waals surface area contributed by atoms with Gasteiger partial charge in [0.15, 0.2) is 9.84 Å². The number of carbonyl (C=O) groups excluding carboxylic acids is 1. The van der Waals surface area contributed by atoms with Crippen molar-refractivity contribution in [1.29, 1.82) is 0 Å². The van der Waals surface area contributed by atoms with Crippen LogP contribution in [-0.4, -0.2) is 46.4 Å². The smallest absolute Gasteiger partial charge is 0.251 e. The lowest BCUT2D eigenvalue weighted by Crippen LogP contribution is -2.32. The number of amides is 1. The second kappa shape index (κ2) is 9.91. The Morgan fingerprint density at radius 1 is 0.969 bits per heavy atom. The van der Waals surface area contributed by atoms with Gasteiger partial charge in [-0.2, -0.15) is 4.31 Å². The van der Waals surface area contributed by atoms with Crippen molar-refractivity contribution >= 4 is 37.4 Å².